The highest BCUT2D eigenvalue weighted by molar-refractivity contribution is 5.90. The monoisotopic (exact) mass is 293 g/mol. The van der Waals surface area contributed by atoms with Crippen molar-refractivity contribution in [1.29, 1.82) is 0 Å². The van der Waals surface area contributed by atoms with E-state index in [1.165, 1.54) is 25.3 Å². The maximum atomic E-state index is 13.6. The van der Waals surface area contributed by atoms with Crippen LogP contribution in [0.25, 0.3) is 0 Å². The van der Waals surface area contributed by atoms with Gasteiger partial charge in [-0.05, 0) is 24.3 Å². The number of esters is 1. The summed E-state index contributed by atoms with van der Waals surface area (Å²) >= 11 is 0. The van der Waals surface area contributed by atoms with E-state index in [0.717, 1.165) is 12.3 Å². The SMILES string of the molecule is COC(=O)c1ccc(F)c(NCc2cc(C(=O)O)co2)c1. The third-order valence-electron chi connectivity index (χ3n) is 2.74. The predicted octanol–water partition coefficient (Wildman–Crippen LogP) is 2.52. The Balaban J connectivity index is 2.11. The molecule has 0 bridgehead atoms. The molecule has 0 amide bonds. The summed E-state index contributed by atoms with van der Waals surface area (Å²) in [6, 6.07) is 5.08. The van der Waals surface area contributed by atoms with Crippen molar-refractivity contribution in [3.8, 4) is 0 Å². The normalized spacial score (nSPS) is 10.2. The van der Waals surface area contributed by atoms with Crippen LogP contribution in [0, 0.1) is 5.82 Å². The van der Waals surface area contributed by atoms with Crippen molar-refractivity contribution in [3.63, 3.8) is 0 Å². The summed E-state index contributed by atoms with van der Waals surface area (Å²) in [4.78, 5) is 22.1. The number of furan rings is 1. The van der Waals surface area contributed by atoms with Crippen molar-refractivity contribution in [2.75, 3.05) is 12.4 Å². The third-order valence-corrected chi connectivity index (χ3v) is 2.74. The molecule has 0 unspecified atom stereocenters. The highest BCUT2D eigenvalue weighted by atomic mass is 19.1. The van der Waals surface area contributed by atoms with Gasteiger partial charge in [-0.15, -0.1) is 0 Å². The number of benzene rings is 1. The number of methoxy groups -OCH3 is 1. The lowest BCUT2D eigenvalue weighted by atomic mass is 10.2. The molecule has 21 heavy (non-hydrogen) atoms. The lowest BCUT2D eigenvalue weighted by molar-refractivity contribution is 0.0599. The molecule has 0 saturated heterocycles. The van der Waals surface area contributed by atoms with E-state index < -0.39 is 17.8 Å². The van der Waals surface area contributed by atoms with Crippen molar-refractivity contribution in [3.05, 3.63) is 53.2 Å². The number of anilines is 1. The highest BCUT2D eigenvalue weighted by Gasteiger charge is 2.11. The average Bonchev–Trinajstić information content (AvgIpc) is 2.94. The summed E-state index contributed by atoms with van der Waals surface area (Å²) < 4.78 is 23.2. The summed E-state index contributed by atoms with van der Waals surface area (Å²) in [6.45, 7) is 0.0782. The van der Waals surface area contributed by atoms with Crippen LogP contribution in [0.2, 0.25) is 0 Å². The first-order valence-corrected chi connectivity index (χ1v) is 5.93. The first kappa shape index (κ1) is 14.6. The van der Waals surface area contributed by atoms with Gasteiger partial charge in [0, 0.05) is 0 Å². The largest absolute Gasteiger partial charge is 0.478 e. The average molecular weight is 293 g/mol. The maximum absolute atomic E-state index is 13.6. The fraction of sp³-hybridized carbons (Fsp3) is 0.143. The molecule has 0 saturated carbocycles. The van der Waals surface area contributed by atoms with Gasteiger partial charge in [-0.25, -0.2) is 14.0 Å². The van der Waals surface area contributed by atoms with Crippen LogP contribution in [0.3, 0.4) is 0 Å². The molecule has 0 fully saturated rings. The Labute approximate surface area is 119 Å². The smallest absolute Gasteiger partial charge is 0.338 e. The van der Waals surface area contributed by atoms with E-state index in [-0.39, 0.29) is 23.4 Å². The fourth-order valence-corrected chi connectivity index (χ4v) is 1.67. The Hall–Kier alpha value is -2.83. The zero-order chi connectivity index (χ0) is 15.4. The number of aromatic carboxylic acids is 1. The van der Waals surface area contributed by atoms with Crippen LogP contribution in [0.1, 0.15) is 26.5 Å². The minimum Gasteiger partial charge on any atom is -0.478 e. The Bertz CT molecular complexity index is 680. The molecule has 1 aromatic heterocycles. The number of hydrogen-bond donors (Lipinski definition) is 2. The van der Waals surface area contributed by atoms with Gasteiger partial charge < -0.3 is 19.6 Å². The van der Waals surface area contributed by atoms with Crippen LogP contribution < -0.4 is 5.32 Å². The molecule has 0 aliphatic rings. The first-order chi connectivity index (χ1) is 10.0. The molecule has 110 valence electrons. The highest BCUT2D eigenvalue weighted by Crippen LogP contribution is 2.18. The number of carbonyl (C=O) groups excluding carboxylic acids is 1. The Kier molecular flexibility index (Phi) is 4.22. The summed E-state index contributed by atoms with van der Waals surface area (Å²) in [5, 5.41) is 11.5. The second-order valence-electron chi connectivity index (χ2n) is 4.15. The number of carboxylic acid groups (broad SMARTS) is 1. The number of rotatable bonds is 5. The van der Waals surface area contributed by atoms with Gasteiger partial charge in [-0.2, -0.15) is 0 Å². The second-order valence-corrected chi connectivity index (χ2v) is 4.15. The number of hydrogen-bond acceptors (Lipinski definition) is 5. The van der Waals surface area contributed by atoms with E-state index >= 15 is 0 Å². The summed E-state index contributed by atoms with van der Waals surface area (Å²) in [7, 11) is 1.23. The Morgan fingerprint density at radius 3 is 2.71 bits per heavy atom. The van der Waals surface area contributed by atoms with Crippen LogP contribution in [-0.4, -0.2) is 24.2 Å². The number of ether oxygens (including phenoxy) is 1. The Morgan fingerprint density at radius 1 is 1.33 bits per heavy atom. The molecular weight excluding hydrogens is 281 g/mol. The predicted molar refractivity (Wildman–Crippen MR) is 70.7 cm³/mol. The molecule has 1 aromatic carbocycles. The number of carbonyl (C=O) groups is 2. The summed E-state index contributed by atoms with van der Waals surface area (Å²) in [5.74, 6) is -1.91. The zero-order valence-corrected chi connectivity index (χ0v) is 11.1. The molecule has 0 atom stereocenters. The molecule has 0 aliphatic carbocycles. The van der Waals surface area contributed by atoms with Gasteiger partial charge in [0.05, 0.1) is 30.5 Å². The quantitative estimate of drug-likeness (QED) is 0.823. The molecule has 2 rings (SSSR count). The van der Waals surface area contributed by atoms with Crippen LogP contribution >= 0.6 is 0 Å². The molecule has 2 N–H and O–H groups in total. The van der Waals surface area contributed by atoms with Gasteiger partial charge in [-0.3, -0.25) is 0 Å². The van der Waals surface area contributed by atoms with Crippen molar-refractivity contribution in [1.82, 2.24) is 0 Å². The topological polar surface area (TPSA) is 88.8 Å². The molecule has 6 nitrogen and oxygen atoms in total. The van der Waals surface area contributed by atoms with Crippen LogP contribution in [0.15, 0.2) is 34.9 Å². The maximum Gasteiger partial charge on any atom is 0.338 e. The van der Waals surface area contributed by atoms with E-state index in [1.54, 1.807) is 0 Å². The van der Waals surface area contributed by atoms with Crippen LogP contribution in [-0.2, 0) is 11.3 Å². The van der Waals surface area contributed by atoms with Gasteiger partial charge >= 0.3 is 11.9 Å². The minimum absolute atomic E-state index is 0.00980. The minimum atomic E-state index is -1.11. The van der Waals surface area contributed by atoms with Crippen molar-refractivity contribution in [2.45, 2.75) is 6.54 Å². The fourth-order valence-electron chi connectivity index (χ4n) is 1.67. The third kappa shape index (κ3) is 3.38. The number of nitrogens with one attached hydrogen (secondary N) is 1. The summed E-state index contributed by atoms with van der Waals surface area (Å²) in [5.41, 5.74) is 0.300. The van der Waals surface area contributed by atoms with Crippen molar-refractivity contribution in [2.24, 2.45) is 0 Å². The molecule has 0 radical (unpaired) electrons. The summed E-state index contributed by atoms with van der Waals surface area (Å²) in [6.07, 6.45) is 1.10. The van der Waals surface area contributed by atoms with Gasteiger partial charge in [-0.1, -0.05) is 0 Å². The van der Waals surface area contributed by atoms with Crippen LogP contribution in [0.5, 0.6) is 0 Å². The molecule has 0 spiro atoms. The van der Waals surface area contributed by atoms with Crippen molar-refractivity contribution >= 4 is 17.6 Å². The van der Waals surface area contributed by atoms with E-state index in [0.29, 0.717) is 5.76 Å². The van der Waals surface area contributed by atoms with Crippen molar-refractivity contribution < 1.29 is 28.2 Å². The van der Waals surface area contributed by atoms with Gasteiger partial charge in [0.1, 0.15) is 17.8 Å². The van der Waals surface area contributed by atoms with Gasteiger partial charge in [0.15, 0.2) is 0 Å². The molecule has 0 aliphatic heterocycles. The molecule has 1 heterocycles. The second kappa shape index (κ2) is 6.08. The molecule has 2 aromatic rings. The van der Waals surface area contributed by atoms with E-state index in [1.807, 2.05) is 0 Å². The zero-order valence-electron chi connectivity index (χ0n) is 11.1. The van der Waals surface area contributed by atoms with Gasteiger partial charge in [0.25, 0.3) is 0 Å². The van der Waals surface area contributed by atoms with E-state index in [9.17, 15) is 14.0 Å². The standard InChI is InChI=1S/C14H12FNO5/c1-20-14(19)8-2-3-11(15)12(5-8)16-6-10-4-9(7-21-10)13(17)18/h2-5,7,16H,6H2,1H3,(H,17,18). The van der Waals surface area contributed by atoms with E-state index in [4.69, 9.17) is 9.52 Å². The molecule has 7 heteroatoms. The Morgan fingerprint density at radius 2 is 2.10 bits per heavy atom. The lowest BCUT2D eigenvalue weighted by Crippen LogP contribution is -2.05. The van der Waals surface area contributed by atoms with Crippen LogP contribution in [0.4, 0.5) is 10.1 Å². The first-order valence-electron chi connectivity index (χ1n) is 5.93. The van der Waals surface area contributed by atoms with Gasteiger partial charge in [0.2, 0.25) is 0 Å². The molecular formula is C14H12FNO5. The number of halogens is 1. The lowest BCUT2D eigenvalue weighted by Gasteiger charge is -2.07. The number of carboxylic acids is 1. The van der Waals surface area contributed by atoms with E-state index in [2.05, 4.69) is 10.1 Å².